The van der Waals surface area contributed by atoms with E-state index in [-0.39, 0.29) is 5.97 Å². The zero-order valence-electron chi connectivity index (χ0n) is 7.69. The van der Waals surface area contributed by atoms with E-state index in [4.69, 9.17) is 4.74 Å². The fraction of sp³-hybridized carbons (Fsp3) is 0.667. The molecule has 1 saturated heterocycles. The summed E-state index contributed by atoms with van der Waals surface area (Å²) in [5.74, 6) is 0.860. The van der Waals surface area contributed by atoms with Crippen LogP contribution >= 0.6 is 23.5 Å². The number of ether oxygens (including phenoxy) is 1. The maximum Gasteiger partial charge on any atom is 0.330 e. The standard InChI is InChI=1S/C9H14O2S2/c1-3-7-6-12-9(13-7)5-11-8(10)4-2/h4,7,9H,2-3,5-6H2,1H3. The van der Waals surface area contributed by atoms with E-state index in [2.05, 4.69) is 13.5 Å². The molecule has 74 valence electrons. The molecule has 0 aliphatic carbocycles. The number of carbonyl (C=O) groups is 1. The van der Waals surface area contributed by atoms with Gasteiger partial charge in [-0.25, -0.2) is 4.79 Å². The van der Waals surface area contributed by atoms with Gasteiger partial charge in [0.15, 0.2) is 0 Å². The second kappa shape index (κ2) is 5.60. The minimum absolute atomic E-state index is 0.318. The van der Waals surface area contributed by atoms with Crippen molar-refractivity contribution in [2.75, 3.05) is 12.4 Å². The highest BCUT2D eigenvalue weighted by molar-refractivity contribution is 8.20. The molecular weight excluding hydrogens is 204 g/mol. The van der Waals surface area contributed by atoms with Crippen molar-refractivity contribution in [1.29, 1.82) is 0 Å². The van der Waals surface area contributed by atoms with E-state index in [1.165, 1.54) is 18.2 Å². The first-order chi connectivity index (χ1) is 6.26. The number of carbonyl (C=O) groups excluding carboxylic acids is 1. The van der Waals surface area contributed by atoms with E-state index in [1.54, 1.807) is 0 Å². The Morgan fingerprint density at radius 1 is 1.77 bits per heavy atom. The number of rotatable bonds is 4. The highest BCUT2D eigenvalue weighted by atomic mass is 32.2. The maximum atomic E-state index is 10.8. The van der Waals surface area contributed by atoms with Crippen LogP contribution in [0, 0.1) is 0 Å². The van der Waals surface area contributed by atoms with Gasteiger partial charge in [0.25, 0.3) is 0 Å². The summed E-state index contributed by atoms with van der Waals surface area (Å²) in [5, 5.41) is 0.734. The summed E-state index contributed by atoms with van der Waals surface area (Å²) in [6.07, 6.45) is 2.41. The van der Waals surface area contributed by atoms with Gasteiger partial charge in [0.1, 0.15) is 6.61 Å². The minimum atomic E-state index is -0.318. The normalized spacial score (nSPS) is 27.2. The molecule has 2 atom stereocenters. The quantitative estimate of drug-likeness (QED) is 0.534. The van der Waals surface area contributed by atoms with Gasteiger partial charge in [-0.1, -0.05) is 13.5 Å². The first kappa shape index (κ1) is 11.0. The molecular formula is C9H14O2S2. The lowest BCUT2D eigenvalue weighted by atomic mass is 10.4. The van der Waals surface area contributed by atoms with Gasteiger partial charge in [0.05, 0.1) is 4.58 Å². The van der Waals surface area contributed by atoms with Gasteiger partial charge >= 0.3 is 5.97 Å². The lowest BCUT2D eigenvalue weighted by Crippen LogP contribution is -2.09. The fourth-order valence-corrected chi connectivity index (χ4v) is 4.19. The van der Waals surface area contributed by atoms with Crippen LogP contribution in [0.1, 0.15) is 13.3 Å². The molecule has 2 nitrogen and oxygen atoms in total. The van der Waals surface area contributed by atoms with Crippen LogP contribution in [0.4, 0.5) is 0 Å². The molecule has 4 heteroatoms. The molecule has 0 aromatic rings. The van der Waals surface area contributed by atoms with Crippen molar-refractivity contribution in [2.45, 2.75) is 23.2 Å². The predicted octanol–water partition coefficient (Wildman–Crippen LogP) is 2.30. The van der Waals surface area contributed by atoms with E-state index < -0.39 is 0 Å². The highest BCUT2D eigenvalue weighted by Gasteiger charge is 2.25. The van der Waals surface area contributed by atoms with Gasteiger partial charge < -0.3 is 4.74 Å². The third kappa shape index (κ3) is 3.65. The van der Waals surface area contributed by atoms with Crippen LogP contribution in [0.3, 0.4) is 0 Å². The van der Waals surface area contributed by atoms with Crippen LogP contribution in [0.2, 0.25) is 0 Å². The summed E-state index contributed by atoms with van der Waals surface area (Å²) in [6.45, 7) is 6.05. The summed E-state index contributed by atoms with van der Waals surface area (Å²) >= 11 is 3.79. The average molecular weight is 218 g/mol. The average Bonchev–Trinajstić information content (AvgIpc) is 2.61. The Morgan fingerprint density at radius 2 is 2.54 bits per heavy atom. The molecule has 1 heterocycles. The van der Waals surface area contributed by atoms with Crippen LogP contribution < -0.4 is 0 Å². The monoisotopic (exact) mass is 218 g/mol. The van der Waals surface area contributed by atoms with Crippen molar-refractivity contribution in [3.63, 3.8) is 0 Å². The van der Waals surface area contributed by atoms with Crippen LogP contribution in [0.5, 0.6) is 0 Å². The smallest absolute Gasteiger partial charge is 0.330 e. The van der Waals surface area contributed by atoms with E-state index in [0.29, 0.717) is 11.2 Å². The van der Waals surface area contributed by atoms with E-state index >= 15 is 0 Å². The molecule has 0 radical (unpaired) electrons. The van der Waals surface area contributed by atoms with Gasteiger partial charge in [-0.05, 0) is 6.42 Å². The third-order valence-electron chi connectivity index (χ3n) is 1.80. The number of hydrogen-bond donors (Lipinski definition) is 0. The van der Waals surface area contributed by atoms with Crippen molar-refractivity contribution in [3.05, 3.63) is 12.7 Å². The number of thioether (sulfide) groups is 2. The first-order valence-corrected chi connectivity index (χ1v) is 6.31. The van der Waals surface area contributed by atoms with Gasteiger partial charge in [-0.2, -0.15) is 0 Å². The number of hydrogen-bond acceptors (Lipinski definition) is 4. The van der Waals surface area contributed by atoms with Crippen molar-refractivity contribution in [1.82, 2.24) is 0 Å². The van der Waals surface area contributed by atoms with Gasteiger partial charge in [-0.15, -0.1) is 23.5 Å². The zero-order valence-corrected chi connectivity index (χ0v) is 9.33. The fourth-order valence-electron chi connectivity index (χ4n) is 1.02. The van der Waals surface area contributed by atoms with Crippen molar-refractivity contribution >= 4 is 29.5 Å². The Morgan fingerprint density at radius 3 is 3.08 bits per heavy atom. The van der Waals surface area contributed by atoms with Crippen LogP contribution in [-0.2, 0) is 9.53 Å². The van der Waals surface area contributed by atoms with Gasteiger partial charge in [-0.3, -0.25) is 0 Å². The Bertz CT molecular complexity index is 194. The Balaban J connectivity index is 2.17. The maximum absolute atomic E-state index is 10.8. The van der Waals surface area contributed by atoms with E-state index in [1.807, 2.05) is 23.5 Å². The molecule has 0 spiro atoms. The summed E-state index contributed by atoms with van der Waals surface area (Å²) < 4.78 is 5.39. The van der Waals surface area contributed by atoms with Crippen LogP contribution in [-0.4, -0.2) is 28.2 Å². The zero-order chi connectivity index (χ0) is 9.68. The molecule has 0 aromatic heterocycles. The summed E-state index contributed by atoms with van der Waals surface area (Å²) in [7, 11) is 0. The molecule has 1 aliphatic heterocycles. The molecule has 0 saturated carbocycles. The predicted molar refractivity (Wildman–Crippen MR) is 59.1 cm³/mol. The SMILES string of the molecule is C=CC(=O)OCC1SCC(CC)S1. The molecule has 0 bridgehead atoms. The second-order valence-electron chi connectivity index (χ2n) is 2.76. The Labute approximate surface area is 87.5 Å². The molecule has 2 unspecified atom stereocenters. The van der Waals surface area contributed by atoms with Crippen LogP contribution in [0.25, 0.3) is 0 Å². The van der Waals surface area contributed by atoms with E-state index in [0.717, 1.165) is 5.25 Å². The highest BCUT2D eigenvalue weighted by Crippen LogP contribution is 2.39. The van der Waals surface area contributed by atoms with Crippen LogP contribution in [0.15, 0.2) is 12.7 Å². The van der Waals surface area contributed by atoms with Crippen molar-refractivity contribution < 1.29 is 9.53 Å². The van der Waals surface area contributed by atoms with E-state index in [9.17, 15) is 4.79 Å². The molecule has 1 aliphatic rings. The Kier molecular flexibility index (Phi) is 4.73. The molecule has 0 aromatic carbocycles. The topological polar surface area (TPSA) is 26.3 Å². The lowest BCUT2D eigenvalue weighted by Gasteiger charge is -2.08. The third-order valence-corrected chi connectivity index (χ3v) is 5.18. The lowest BCUT2D eigenvalue weighted by molar-refractivity contribution is -0.137. The minimum Gasteiger partial charge on any atom is -0.460 e. The van der Waals surface area contributed by atoms with Gasteiger partial charge in [0, 0.05) is 17.1 Å². The van der Waals surface area contributed by atoms with Gasteiger partial charge in [0.2, 0.25) is 0 Å². The molecule has 0 N–H and O–H groups in total. The molecule has 1 fully saturated rings. The molecule has 0 amide bonds. The largest absolute Gasteiger partial charge is 0.460 e. The van der Waals surface area contributed by atoms with Crippen molar-refractivity contribution in [2.24, 2.45) is 0 Å². The first-order valence-electron chi connectivity index (χ1n) is 4.32. The summed E-state index contributed by atoms with van der Waals surface area (Å²) in [5.41, 5.74) is 0. The summed E-state index contributed by atoms with van der Waals surface area (Å²) in [4.78, 5) is 10.8. The Hall–Kier alpha value is -0.0900. The number of esters is 1. The molecule has 1 rings (SSSR count). The van der Waals surface area contributed by atoms with Crippen molar-refractivity contribution in [3.8, 4) is 0 Å². The second-order valence-corrected chi connectivity index (χ2v) is 5.81. The summed E-state index contributed by atoms with van der Waals surface area (Å²) in [6, 6.07) is 0. The molecule has 13 heavy (non-hydrogen) atoms.